The quantitative estimate of drug-likeness (QED) is 0.324. The second-order valence-corrected chi connectivity index (χ2v) is 8.46. The van der Waals surface area contributed by atoms with Crippen molar-refractivity contribution < 1.29 is 4.57 Å². The minimum absolute atomic E-state index is 1.27. The number of hydrogen-bond donors (Lipinski definition) is 0. The number of aryl methyl sites for hydroxylation is 2. The summed E-state index contributed by atoms with van der Waals surface area (Å²) < 4.78 is 5.04. The van der Waals surface area contributed by atoms with E-state index in [0.29, 0.717) is 0 Å². The maximum Gasteiger partial charge on any atom is 0.213 e. The zero-order valence-corrected chi connectivity index (χ0v) is 15.2. The molecular formula is C21H16NS2+. The molecule has 0 fully saturated rings. The Balaban J connectivity index is 1.85. The standard InChI is InChI=1S/C21H16NS2/c1-13-15-6-4-3-5-14(15)7-8-16(13)19-11-18-17-9-10-23-21(17)24-20(18)12-22(19)2/h3-12H,1-2H3/q+1. The van der Waals surface area contributed by atoms with E-state index in [1.807, 2.05) is 22.7 Å². The van der Waals surface area contributed by atoms with Gasteiger partial charge in [0, 0.05) is 22.4 Å². The van der Waals surface area contributed by atoms with Crippen molar-refractivity contribution in [2.75, 3.05) is 0 Å². The molecule has 0 atom stereocenters. The van der Waals surface area contributed by atoms with Gasteiger partial charge in [-0.1, -0.05) is 30.3 Å². The summed E-state index contributed by atoms with van der Waals surface area (Å²) in [5, 5.41) is 7.59. The van der Waals surface area contributed by atoms with E-state index in [2.05, 4.69) is 78.6 Å². The molecule has 0 N–H and O–H groups in total. The molecule has 1 nitrogen and oxygen atoms in total. The van der Waals surface area contributed by atoms with Gasteiger partial charge in [0.05, 0.1) is 4.01 Å². The molecule has 0 saturated heterocycles. The van der Waals surface area contributed by atoms with E-state index in [-0.39, 0.29) is 0 Å². The third-order valence-electron chi connectivity index (χ3n) is 4.83. The van der Waals surface area contributed by atoms with E-state index in [0.717, 1.165) is 0 Å². The highest BCUT2D eigenvalue weighted by atomic mass is 32.2. The lowest BCUT2D eigenvalue weighted by Crippen LogP contribution is -2.30. The smallest absolute Gasteiger partial charge is 0.200 e. The minimum Gasteiger partial charge on any atom is -0.200 e. The molecular weight excluding hydrogens is 330 g/mol. The molecule has 0 radical (unpaired) electrons. The molecule has 5 rings (SSSR count). The monoisotopic (exact) mass is 346 g/mol. The van der Waals surface area contributed by atoms with Crippen LogP contribution in [0.3, 0.4) is 0 Å². The number of benzene rings is 2. The molecule has 0 saturated carbocycles. The summed E-state index contributed by atoms with van der Waals surface area (Å²) in [5.41, 5.74) is 3.93. The molecule has 0 aliphatic carbocycles. The van der Waals surface area contributed by atoms with Crippen LogP contribution in [0.4, 0.5) is 0 Å². The van der Waals surface area contributed by atoms with E-state index >= 15 is 0 Å². The van der Waals surface area contributed by atoms with Gasteiger partial charge in [0.2, 0.25) is 5.69 Å². The average molecular weight is 347 g/mol. The van der Waals surface area contributed by atoms with Crippen molar-refractivity contribution in [1.82, 2.24) is 0 Å². The van der Waals surface area contributed by atoms with Crippen molar-refractivity contribution in [3.05, 3.63) is 65.7 Å². The number of hydrogen-bond acceptors (Lipinski definition) is 2. The molecule has 0 bridgehead atoms. The first-order chi connectivity index (χ1) is 11.7. The Labute approximate surface area is 148 Å². The number of thiophene rings is 2. The normalized spacial score (nSPS) is 11.8. The van der Waals surface area contributed by atoms with Gasteiger partial charge in [-0.15, -0.1) is 22.7 Å². The van der Waals surface area contributed by atoms with E-state index in [4.69, 9.17) is 0 Å². The molecule has 0 aliphatic heterocycles. The summed E-state index contributed by atoms with van der Waals surface area (Å²) in [7, 11) is 2.15. The van der Waals surface area contributed by atoms with Crippen molar-refractivity contribution in [2.24, 2.45) is 7.05 Å². The average Bonchev–Trinajstić information content (AvgIpc) is 3.16. The first-order valence-electron chi connectivity index (χ1n) is 8.00. The Hall–Kier alpha value is -2.23. The molecule has 0 spiro atoms. The maximum absolute atomic E-state index is 2.36. The summed E-state index contributed by atoms with van der Waals surface area (Å²) in [6.45, 7) is 2.23. The highest BCUT2D eigenvalue weighted by Gasteiger charge is 2.18. The van der Waals surface area contributed by atoms with Gasteiger partial charge in [0.15, 0.2) is 6.20 Å². The Bertz CT molecular complexity index is 1230. The number of fused-ring (bicyclic) bond motifs is 4. The van der Waals surface area contributed by atoms with Crippen LogP contribution in [-0.4, -0.2) is 0 Å². The largest absolute Gasteiger partial charge is 0.213 e. The summed E-state index contributed by atoms with van der Waals surface area (Å²) in [4.78, 5) is 0. The van der Waals surface area contributed by atoms with Crippen LogP contribution < -0.4 is 4.57 Å². The van der Waals surface area contributed by atoms with Crippen LogP contribution in [0.2, 0.25) is 0 Å². The lowest BCUT2D eigenvalue weighted by molar-refractivity contribution is -0.658. The molecule has 24 heavy (non-hydrogen) atoms. The van der Waals surface area contributed by atoms with Gasteiger partial charge >= 0.3 is 0 Å². The summed E-state index contributed by atoms with van der Waals surface area (Å²) in [6.07, 6.45) is 2.27. The molecule has 116 valence electrons. The summed E-state index contributed by atoms with van der Waals surface area (Å²) in [6, 6.07) is 17.7. The van der Waals surface area contributed by atoms with Gasteiger partial charge in [-0.05, 0) is 40.8 Å². The number of pyridine rings is 1. The fourth-order valence-electron chi connectivity index (χ4n) is 3.56. The Morgan fingerprint density at radius 3 is 2.71 bits per heavy atom. The van der Waals surface area contributed by atoms with Gasteiger partial charge in [0.25, 0.3) is 0 Å². The van der Waals surface area contributed by atoms with Crippen LogP contribution >= 0.6 is 22.7 Å². The second-order valence-electron chi connectivity index (χ2n) is 6.23. The van der Waals surface area contributed by atoms with Crippen LogP contribution in [0.25, 0.3) is 41.5 Å². The van der Waals surface area contributed by atoms with Gasteiger partial charge in [-0.3, -0.25) is 0 Å². The second kappa shape index (κ2) is 5.13. The topological polar surface area (TPSA) is 3.88 Å². The van der Waals surface area contributed by atoms with Gasteiger partial charge in [-0.25, -0.2) is 0 Å². The summed E-state index contributed by atoms with van der Waals surface area (Å²) >= 11 is 3.73. The molecule has 3 heterocycles. The Morgan fingerprint density at radius 2 is 1.79 bits per heavy atom. The zero-order chi connectivity index (χ0) is 16.3. The highest BCUT2D eigenvalue weighted by Crippen LogP contribution is 2.38. The lowest BCUT2D eigenvalue weighted by atomic mass is 9.97. The number of rotatable bonds is 1. The third-order valence-corrected chi connectivity index (χ3v) is 7.03. The molecule has 0 unspecified atom stereocenters. The Morgan fingerprint density at radius 1 is 0.917 bits per heavy atom. The van der Waals surface area contributed by atoms with E-state index in [1.54, 1.807) is 0 Å². The van der Waals surface area contributed by atoms with E-state index in [1.165, 1.54) is 47.1 Å². The van der Waals surface area contributed by atoms with Crippen molar-refractivity contribution >= 4 is 52.9 Å². The van der Waals surface area contributed by atoms with Crippen LogP contribution in [0.1, 0.15) is 5.56 Å². The SMILES string of the molecule is Cc1c(-c2cc3c(c[n+]2C)sc2sccc23)ccc2ccccc12. The van der Waals surface area contributed by atoms with E-state index in [9.17, 15) is 0 Å². The van der Waals surface area contributed by atoms with Crippen LogP contribution in [0.5, 0.6) is 0 Å². The van der Waals surface area contributed by atoms with E-state index < -0.39 is 0 Å². The molecule has 0 aliphatic rings. The predicted octanol–water partition coefficient (Wildman–Crippen LogP) is 6.07. The molecule has 2 aromatic carbocycles. The maximum atomic E-state index is 2.36. The molecule has 5 aromatic rings. The molecule has 3 aromatic heterocycles. The Kier molecular flexibility index (Phi) is 3.02. The van der Waals surface area contributed by atoms with Crippen LogP contribution in [-0.2, 0) is 7.05 Å². The third kappa shape index (κ3) is 1.95. The van der Waals surface area contributed by atoms with Gasteiger partial charge < -0.3 is 0 Å². The number of nitrogens with zero attached hydrogens (tertiary/aromatic N) is 1. The summed E-state index contributed by atoms with van der Waals surface area (Å²) in [5.74, 6) is 0. The van der Waals surface area contributed by atoms with Crippen LogP contribution in [0, 0.1) is 6.92 Å². The predicted molar refractivity (Wildman–Crippen MR) is 106 cm³/mol. The van der Waals surface area contributed by atoms with Crippen molar-refractivity contribution in [2.45, 2.75) is 6.92 Å². The fourth-order valence-corrected chi connectivity index (χ4v) is 5.80. The fraction of sp³-hybridized carbons (Fsp3) is 0.0952. The van der Waals surface area contributed by atoms with Gasteiger partial charge in [-0.2, -0.15) is 4.57 Å². The zero-order valence-electron chi connectivity index (χ0n) is 13.5. The minimum atomic E-state index is 1.27. The highest BCUT2D eigenvalue weighted by molar-refractivity contribution is 7.41. The van der Waals surface area contributed by atoms with Crippen molar-refractivity contribution in [3.8, 4) is 11.3 Å². The van der Waals surface area contributed by atoms with Crippen LogP contribution in [0.15, 0.2) is 60.1 Å². The first kappa shape index (κ1) is 14.1. The lowest BCUT2D eigenvalue weighted by Gasteiger charge is -2.08. The van der Waals surface area contributed by atoms with Gasteiger partial charge in [0.1, 0.15) is 11.7 Å². The van der Waals surface area contributed by atoms with Crippen molar-refractivity contribution in [3.63, 3.8) is 0 Å². The first-order valence-corrected chi connectivity index (χ1v) is 9.70. The van der Waals surface area contributed by atoms with Crippen molar-refractivity contribution in [1.29, 1.82) is 0 Å². The molecule has 0 amide bonds. The molecule has 3 heteroatoms. The number of aromatic nitrogens is 1.